The molecule has 0 heterocycles. The number of rotatable bonds is 4. The Hall–Kier alpha value is -3.64. The highest BCUT2D eigenvalue weighted by Crippen LogP contribution is 2.62. The zero-order valence-electron chi connectivity index (χ0n) is 20.8. The van der Waals surface area contributed by atoms with E-state index in [0.717, 1.165) is 6.42 Å². The van der Waals surface area contributed by atoms with Crippen LogP contribution in [0.2, 0.25) is 0 Å². The summed E-state index contributed by atoms with van der Waals surface area (Å²) in [5.41, 5.74) is 13.1. The van der Waals surface area contributed by atoms with Crippen molar-refractivity contribution in [3.8, 4) is 33.4 Å². The second-order valence-electron chi connectivity index (χ2n) is 10.8. The van der Waals surface area contributed by atoms with E-state index >= 15 is 0 Å². The molecule has 0 radical (unpaired) electrons. The van der Waals surface area contributed by atoms with Crippen molar-refractivity contribution in [2.45, 2.75) is 44.4 Å². The van der Waals surface area contributed by atoms with Gasteiger partial charge in [0, 0.05) is 11.3 Å². The van der Waals surface area contributed by atoms with Crippen LogP contribution in [0.3, 0.4) is 0 Å². The van der Waals surface area contributed by atoms with Crippen molar-refractivity contribution in [2.75, 3.05) is 0 Å². The molecular weight excluding hydrogens is 432 g/mol. The van der Waals surface area contributed by atoms with Crippen LogP contribution < -0.4 is 0 Å². The first-order chi connectivity index (χ1) is 17.8. The first-order valence-electron chi connectivity index (χ1n) is 13.6. The largest absolute Gasteiger partial charge is 0.0804 e. The summed E-state index contributed by atoms with van der Waals surface area (Å²) in [5.74, 6) is 0.404. The highest BCUT2D eigenvalue weighted by Gasteiger charge is 2.48. The van der Waals surface area contributed by atoms with Crippen molar-refractivity contribution in [1.82, 2.24) is 0 Å². The van der Waals surface area contributed by atoms with Crippen LogP contribution in [0.4, 0.5) is 0 Å². The quantitative estimate of drug-likeness (QED) is 0.282. The predicted molar refractivity (Wildman–Crippen MR) is 152 cm³/mol. The molecule has 0 unspecified atom stereocenters. The van der Waals surface area contributed by atoms with Crippen molar-refractivity contribution in [1.29, 1.82) is 0 Å². The van der Waals surface area contributed by atoms with E-state index in [4.69, 9.17) is 0 Å². The third-order valence-corrected chi connectivity index (χ3v) is 8.94. The number of hydrogen-bond donors (Lipinski definition) is 0. The van der Waals surface area contributed by atoms with E-state index in [1.165, 1.54) is 76.6 Å². The minimum absolute atomic E-state index is 0.201. The van der Waals surface area contributed by atoms with Gasteiger partial charge in [-0.25, -0.2) is 0 Å². The predicted octanol–water partition coefficient (Wildman–Crippen LogP) is 9.97. The molecule has 3 aliphatic rings. The van der Waals surface area contributed by atoms with Gasteiger partial charge >= 0.3 is 0 Å². The molecule has 0 bridgehead atoms. The van der Waals surface area contributed by atoms with Crippen LogP contribution in [0.1, 0.15) is 55.6 Å². The van der Waals surface area contributed by atoms with Gasteiger partial charge in [-0.05, 0) is 75.9 Å². The number of fused-ring (bicyclic) bond motifs is 3. The molecule has 1 fully saturated rings. The van der Waals surface area contributed by atoms with Crippen molar-refractivity contribution in [2.24, 2.45) is 5.41 Å². The van der Waals surface area contributed by atoms with Crippen molar-refractivity contribution in [3.63, 3.8) is 0 Å². The maximum Gasteiger partial charge on any atom is 0.0196 e. The van der Waals surface area contributed by atoms with Gasteiger partial charge in [0.25, 0.3) is 0 Å². The van der Waals surface area contributed by atoms with Crippen LogP contribution in [0.25, 0.3) is 33.4 Å². The van der Waals surface area contributed by atoms with Crippen LogP contribution >= 0.6 is 0 Å². The van der Waals surface area contributed by atoms with E-state index < -0.39 is 0 Å². The van der Waals surface area contributed by atoms with Gasteiger partial charge in [-0.1, -0.05) is 128 Å². The number of benzene rings is 4. The fourth-order valence-corrected chi connectivity index (χ4v) is 7.27. The van der Waals surface area contributed by atoms with E-state index in [2.05, 4.69) is 115 Å². The van der Waals surface area contributed by atoms with E-state index in [1.807, 2.05) is 0 Å². The number of hydrogen-bond acceptors (Lipinski definition) is 0. The third kappa shape index (κ3) is 3.43. The Labute approximate surface area is 215 Å². The molecule has 4 aromatic carbocycles. The molecular formula is C36H32. The molecule has 1 saturated carbocycles. The molecule has 176 valence electrons. The van der Waals surface area contributed by atoms with Crippen LogP contribution in [0.15, 0.2) is 121 Å². The molecule has 0 heteroatoms. The van der Waals surface area contributed by atoms with Gasteiger partial charge < -0.3 is 0 Å². The average molecular weight is 465 g/mol. The summed E-state index contributed by atoms with van der Waals surface area (Å²) < 4.78 is 0. The summed E-state index contributed by atoms with van der Waals surface area (Å²) in [6.45, 7) is 0. The topological polar surface area (TPSA) is 0 Å². The fraction of sp³-hybridized carbons (Fsp3) is 0.222. The lowest BCUT2D eigenvalue weighted by Gasteiger charge is -2.45. The second-order valence-corrected chi connectivity index (χ2v) is 10.8. The molecule has 0 atom stereocenters. The highest BCUT2D eigenvalue weighted by atomic mass is 14.5. The smallest absolute Gasteiger partial charge is 0.0196 e. The van der Waals surface area contributed by atoms with Crippen molar-refractivity contribution >= 4 is 0 Å². The van der Waals surface area contributed by atoms with Gasteiger partial charge in [-0.2, -0.15) is 0 Å². The Bertz CT molecular complexity index is 1370. The van der Waals surface area contributed by atoms with Crippen LogP contribution in [-0.2, 0) is 0 Å². The third-order valence-electron chi connectivity index (χ3n) is 8.94. The van der Waals surface area contributed by atoms with Gasteiger partial charge in [0.15, 0.2) is 0 Å². The summed E-state index contributed by atoms with van der Waals surface area (Å²) in [7, 11) is 0. The van der Waals surface area contributed by atoms with Crippen molar-refractivity contribution < 1.29 is 0 Å². The fourth-order valence-electron chi connectivity index (χ4n) is 7.27. The standard InChI is InChI=1S/C36H32/c1-4-12-26(13-5-1)28-18-20-31-32-21-19-29(27-14-6-2-7-15-27)25-34(32)35(33(31)24-28)36(22-10-3-11-23-36)30-16-8-9-17-30/h1-2,4-9,12-16,18-21,24-25,35H,3,10-11,17,22-23H2. The molecule has 0 spiro atoms. The first kappa shape index (κ1) is 21.6. The Morgan fingerprint density at radius 2 is 1.11 bits per heavy atom. The van der Waals surface area contributed by atoms with Crippen LogP contribution in [0, 0.1) is 5.41 Å². The Morgan fingerprint density at radius 3 is 1.61 bits per heavy atom. The second kappa shape index (κ2) is 8.79. The lowest BCUT2D eigenvalue weighted by molar-refractivity contribution is 0.209. The van der Waals surface area contributed by atoms with Crippen LogP contribution in [-0.4, -0.2) is 0 Å². The Kier molecular flexibility index (Phi) is 5.28. The molecule has 36 heavy (non-hydrogen) atoms. The van der Waals surface area contributed by atoms with Gasteiger partial charge in [0.05, 0.1) is 0 Å². The summed E-state index contributed by atoms with van der Waals surface area (Å²) in [6, 6.07) is 36.3. The molecule has 3 aliphatic carbocycles. The maximum atomic E-state index is 2.52. The normalized spacial score (nSPS) is 18.1. The van der Waals surface area contributed by atoms with Crippen LogP contribution in [0.5, 0.6) is 0 Å². The molecule has 0 aliphatic heterocycles. The van der Waals surface area contributed by atoms with E-state index in [9.17, 15) is 0 Å². The SMILES string of the molecule is C1=CCC(C2(C3c4cc(-c5ccccc5)ccc4-c4ccc(-c5ccccc5)cc43)CCCCC2)=C1. The van der Waals surface area contributed by atoms with Gasteiger partial charge in [-0.3, -0.25) is 0 Å². The average Bonchev–Trinajstić information content (AvgIpc) is 3.61. The van der Waals surface area contributed by atoms with E-state index in [-0.39, 0.29) is 5.41 Å². The minimum atomic E-state index is 0.201. The Balaban J connectivity index is 1.46. The molecule has 0 nitrogen and oxygen atoms in total. The molecule has 0 amide bonds. The van der Waals surface area contributed by atoms with Gasteiger partial charge in [0.1, 0.15) is 0 Å². The molecule has 0 saturated heterocycles. The zero-order chi connectivity index (χ0) is 24.0. The minimum Gasteiger partial charge on any atom is -0.0804 e. The first-order valence-corrected chi connectivity index (χ1v) is 13.6. The van der Waals surface area contributed by atoms with Crippen molar-refractivity contribution in [3.05, 3.63) is 132 Å². The summed E-state index contributed by atoms with van der Waals surface area (Å²) in [4.78, 5) is 0. The summed E-state index contributed by atoms with van der Waals surface area (Å²) in [6.07, 6.45) is 14.8. The molecule has 0 aromatic heterocycles. The molecule has 0 N–H and O–H groups in total. The number of allylic oxidation sites excluding steroid dienone is 4. The van der Waals surface area contributed by atoms with E-state index in [1.54, 1.807) is 5.57 Å². The monoisotopic (exact) mass is 464 g/mol. The van der Waals surface area contributed by atoms with Gasteiger partial charge in [-0.15, -0.1) is 0 Å². The highest BCUT2D eigenvalue weighted by molar-refractivity contribution is 5.85. The Morgan fingerprint density at radius 1 is 0.556 bits per heavy atom. The molecule has 7 rings (SSSR count). The summed E-state index contributed by atoms with van der Waals surface area (Å²) >= 11 is 0. The zero-order valence-corrected chi connectivity index (χ0v) is 20.8. The van der Waals surface area contributed by atoms with E-state index in [0.29, 0.717) is 5.92 Å². The lowest BCUT2D eigenvalue weighted by atomic mass is 9.58. The summed E-state index contributed by atoms with van der Waals surface area (Å²) in [5, 5.41) is 0. The molecule has 4 aromatic rings. The van der Waals surface area contributed by atoms with Gasteiger partial charge in [0.2, 0.25) is 0 Å². The lowest BCUT2D eigenvalue weighted by Crippen LogP contribution is -2.33. The maximum absolute atomic E-state index is 2.52.